The Bertz CT molecular complexity index is 1080. The molecule has 0 aliphatic carbocycles. The van der Waals surface area contributed by atoms with Crippen molar-refractivity contribution in [3.05, 3.63) is 59.7 Å². The second-order valence-corrected chi connectivity index (χ2v) is 10.0. The summed E-state index contributed by atoms with van der Waals surface area (Å²) >= 11 is 0. The lowest BCUT2D eigenvalue weighted by molar-refractivity contribution is -0.138. The molecule has 0 N–H and O–H groups in total. The van der Waals surface area contributed by atoms with E-state index in [2.05, 4.69) is 0 Å². The van der Waals surface area contributed by atoms with E-state index < -0.39 is 28.0 Å². The van der Waals surface area contributed by atoms with E-state index in [1.165, 1.54) is 34.5 Å². The summed E-state index contributed by atoms with van der Waals surface area (Å²) < 4.78 is 38.8. The van der Waals surface area contributed by atoms with Crippen molar-refractivity contribution in [2.75, 3.05) is 34.3 Å². The molecule has 0 bridgehead atoms. The molecular weight excluding hydrogens is 444 g/mol. The topological polar surface area (TPSA) is 93.2 Å². The summed E-state index contributed by atoms with van der Waals surface area (Å²) in [5.41, 5.74) is 0.456. The molecule has 1 atom stereocenters. The van der Waals surface area contributed by atoms with E-state index in [9.17, 15) is 18.0 Å². The Morgan fingerprint density at radius 3 is 2.18 bits per heavy atom. The van der Waals surface area contributed by atoms with Crippen molar-refractivity contribution in [3.8, 4) is 5.75 Å². The number of carbonyl (C=O) groups excluding carboxylic acids is 2. The fourth-order valence-corrected chi connectivity index (χ4v) is 5.28. The lowest BCUT2D eigenvalue weighted by atomic mass is 10.1. The van der Waals surface area contributed by atoms with Gasteiger partial charge in [-0.25, -0.2) is 13.2 Å². The lowest BCUT2D eigenvalue weighted by Crippen LogP contribution is -2.32. The second-order valence-electron chi connectivity index (χ2n) is 8.11. The van der Waals surface area contributed by atoms with Gasteiger partial charge in [0.15, 0.2) is 0 Å². The van der Waals surface area contributed by atoms with Gasteiger partial charge in [-0.1, -0.05) is 43.2 Å². The molecule has 0 saturated carbocycles. The van der Waals surface area contributed by atoms with Crippen molar-refractivity contribution in [3.63, 3.8) is 0 Å². The first-order valence-corrected chi connectivity index (χ1v) is 12.3. The Labute approximate surface area is 195 Å². The van der Waals surface area contributed by atoms with Crippen LogP contribution in [0.3, 0.4) is 0 Å². The van der Waals surface area contributed by atoms with Gasteiger partial charge in [0, 0.05) is 32.7 Å². The minimum Gasteiger partial charge on any atom is -0.496 e. The molecule has 1 saturated heterocycles. The highest BCUT2D eigenvalue weighted by Gasteiger charge is 2.31. The molecule has 9 heteroatoms. The van der Waals surface area contributed by atoms with Gasteiger partial charge >= 0.3 is 5.97 Å². The third-order valence-corrected chi connectivity index (χ3v) is 7.48. The van der Waals surface area contributed by atoms with E-state index in [1.54, 1.807) is 44.4 Å². The number of amides is 1. The number of esters is 1. The quantitative estimate of drug-likeness (QED) is 0.572. The highest BCUT2D eigenvalue weighted by Crippen LogP contribution is 2.29. The summed E-state index contributed by atoms with van der Waals surface area (Å²) in [6.07, 6.45) is 2.41. The molecular formula is C24H30N2O6S. The fraction of sp³-hybridized carbons (Fsp3) is 0.417. The Morgan fingerprint density at radius 1 is 0.970 bits per heavy atom. The van der Waals surface area contributed by atoms with Gasteiger partial charge in [-0.3, -0.25) is 4.79 Å². The van der Waals surface area contributed by atoms with Crippen LogP contribution in [0.15, 0.2) is 53.4 Å². The van der Waals surface area contributed by atoms with Crippen molar-refractivity contribution >= 4 is 21.9 Å². The number of carbonyl (C=O) groups is 2. The molecule has 3 rings (SSSR count). The van der Waals surface area contributed by atoms with Gasteiger partial charge in [-0.05, 0) is 31.0 Å². The van der Waals surface area contributed by atoms with E-state index in [1.807, 2.05) is 0 Å². The summed E-state index contributed by atoms with van der Waals surface area (Å²) in [6.45, 7) is 0.892. The monoisotopic (exact) mass is 474 g/mol. The van der Waals surface area contributed by atoms with Crippen LogP contribution in [0, 0.1) is 0 Å². The summed E-state index contributed by atoms with van der Waals surface area (Å²) in [5.74, 6) is -1.09. The van der Waals surface area contributed by atoms with Crippen LogP contribution in [0.2, 0.25) is 0 Å². The molecule has 2 aromatic carbocycles. The highest BCUT2D eigenvalue weighted by atomic mass is 32.2. The number of sulfonamides is 1. The maximum absolute atomic E-state index is 13.2. The second kappa shape index (κ2) is 10.8. The molecule has 1 aliphatic heterocycles. The van der Waals surface area contributed by atoms with E-state index in [0.717, 1.165) is 25.7 Å². The van der Waals surface area contributed by atoms with E-state index in [0.29, 0.717) is 18.7 Å². The van der Waals surface area contributed by atoms with E-state index in [4.69, 9.17) is 9.47 Å². The smallest absolute Gasteiger partial charge is 0.343 e. The van der Waals surface area contributed by atoms with Gasteiger partial charge in [-0.2, -0.15) is 4.31 Å². The minimum absolute atomic E-state index is 0.00709. The number of methoxy groups -OCH3 is 1. The average Bonchev–Trinajstić information content (AvgIpc) is 3.12. The SMILES string of the molecule is COc1ccc(S(=O)(=O)N2CCCCCC2)cc1C(=O)OC(C(=O)N(C)C)c1ccccc1. The standard InChI is InChI=1S/C24H30N2O6S/c1-25(2)23(27)22(18-11-7-6-8-12-18)32-24(28)20-17-19(13-14-21(20)31-3)33(29,30)26-15-9-4-5-10-16-26/h6-8,11-14,17,22H,4-5,9-10,15-16H2,1-3H3. The van der Waals surface area contributed by atoms with Gasteiger partial charge < -0.3 is 14.4 Å². The van der Waals surface area contributed by atoms with Gasteiger partial charge in [0.2, 0.25) is 16.1 Å². The zero-order valence-electron chi connectivity index (χ0n) is 19.2. The predicted molar refractivity (Wildman–Crippen MR) is 124 cm³/mol. The summed E-state index contributed by atoms with van der Waals surface area (Å²) in [4.78, 5) is 27.2. The maximum atomic E-state index is 13.2. The van der Waals surface area contributed by atoms with Gasteiger partial charge in [0.1, 0.15) is 11.3 Å². The third-order valence-electron chi connectivity index (χ3n) is 5.59. The molecule has 1 amide bonds. The number of rotatable bonds is 7. The number of hydrogen-bond donors (Lipinski definition) is 0. The number of nitrogens with zero attached hydrogens (tertiary/aromatic N) is 2. The molecule has 33 heavy (non-hydrogen) atoms. The molecule has 0 spiro atoms. The van der Waals surface area contributed by atoms with Crippen molar-refractivity contribution in [2.24, 2.45) is 0 Å². The van der Waals surface area contributed by atoms with Crippen molar-refractivity contribution in [1.82, 2.24) is 9.21 Å². The molecule has 1 unspecified atom stereocenters. The molecule has 1 fully saturated rings. The zero-order chi connectivity index (χ0) is 24.0. The average molecular weight is 475 g/mol. The molecule has 8 nitrogen and oxygen atoms in total. The lowest BCUT2D eigenvalue weighted by Gasteiger charge is -2.22. The van der Waals surface area contributed by atoms with Crippen LogP contribution in [0.4, 0.5) is 0 Å². The Hall–Kier alpha value is -2.91. The summed E-state index contributed by atoms with van der Waals surface area (Å²) in [5, 5.41) is 0. The Balaban J connectivity index is 1.95. The number of benzene rings is 2. The normalized spacial score (nSPS) is 15.8. The molecule has 1 aliphatic rings. The Morgan fingerprint density at radius 2 is 1.61 bits per heavy atom. The van der Waals surface area contributed by atoms with Crippen LogP contribution in [0.5, 0.6) is 5.75 Å². The fourth-order valence-electron chi connectivity index (χ4n) is 3.73. The molecule has 2 aromatic rings. The summed E-state index contributed by atoms with van der Waals surface area (Å²) in [6, 6.07) is 12.8. The first kappa shape index (κ1) is 24.7. The van der Waals surface area contributed by atoms with Crippen molar-refractivity contribution in [1.29, 1.82) is 0 Å². The van der Waals surface area contributed by atoms with Crippen LogP contribution < -0.4 is 4.74 Å². The van der Waals surface area contributed by atoms with E-state index in [-0.39, 0.29) is 16.2 Å². The van der Waals surface area contributed by atoms with Gasteiger partial charge in [0.25, 0.3) is 5.91 Å². The van der Waals surface area contributed by atoms with Crippen molar-refractivity contribution < 1.29 is 27.5 Å². The zero-order valence-corrected chi connectivity index (χ0v) is 20.0. The van der Waals surface area contributed by atoms with Crippen molar-refractivity contribution in [2.45, 2.75) is 36.7 Å². The number of ether oxygens (including phenoxy) is 2. The number of hydrogen-bond acceptors (Lipinski definition) is 6. The Kier molecular flexibility index (Phi) is 8.10. The molecule has 0 aromatic heterocycles. The molecule has 1 heterocycles. The van der Waals surface area contributed by atoms with Gasteiger partial charge in [-0.15, -0.1) is 0 Å². The van der Waals surface area contributed by atoms with Crippen LogP contribution >= 0.6 is 0 Å². The predicted octanol–water partition coefficient (Wildman–Crippen LogP) is 3.25. The first-order chi connectivity index (χ1) is 15.8. The minimum atomic E-state index is -3.78. The molecule has 178 valence electrons. The van der Waals surface area contributed by atoms with Crippen LogP contribution in [0.25, 0.3) is 0 Å². The highest BCUT2D eigenvalue weighted by molar-refractivity contribution is 7.89. The number of likely N-dealkylation sites (N-methyl/N-ethyl adjacent to an activating group) is 1. The van der Waals surface area contributed by atoms with Gasteiger partial charge in [0.05, 0.1) is 12.0 Å². The van der Waals surface area contributed by atoms with Crippen LogP contribution in [0.1, 0.15) is 47.7 Å². The van der Waals surface area contributed by atoms with Crippen LogP contribution in [-0.4, -0.2) is 63.8 Å². The maximum Gasteiger partial charge on any atom is 0.343 e. The largest absolute Gasteiger partial charge is 0.496 e. The van der Waals surface area contributed by atoms with E-state index >= 15 is 0 Å². The summed E-state index contributed by atoms with van der Waals surface area (Å²) in [7, 11) is 0.743. The molecule has 0 radical (unpaired) electrons. The van der Waals surface area contributed by atoms with Crippen LogP contribution in [-0.2, 0) is 19.6 Å². The first-order valence-electron chi connectivity index (χ1n) is 10.9. The third kappa shape index (κ3) is 5.72.